The predicted molar refractivity (Wildman–Crippen MR) is 101 cm³/mol. The first kappa shape index (κ1) is 17.8. The summed E-state index contributed by atoms with van der Waals surface area (Å²) in [6.07, 6.45) is 1.47. The lowest BCUT2D eigenvalue weighted by Crippen LogP contribution is -2.16. The lowest BCUT2D eigenvalue weighted by molar-refractivity contribution is 0.102. The van der Waals surface area contributed by atoms with Crippen LogP contribution >= 0.6 is 11.6 Å². The summed E-state index contributed by atoms with van der Waals surface area (Å²) in [5, 5.41) is 5.76. The highest BCUT2D eigenvalue weighted by Crippen LogP contribution is 2.22. The molecule has 1 amide bonds. The van der Waals surface area contributed by atoms with Gasteiger partial charge >= 0.3 is 0 Å². The van der Waals surface area contributed by atoms with E-state index in [0.717, 1.165) is 16.8 Å². The Labute approximate surface area is 155 Å². The van der Waals surface area contributed by atoms with E-state index in [1.165, 1.54) is 30.5 Å². The average molecular weight is 371 g/mol. The number of amides is 1. The number of aryl methyl sites for hydroxylation is 2. The van der Waals surface area contributed by atoms with Crippen LogP contribution in [0.4, 0.5) is 21.7 Å². The van der Waals surface area contributed by atoms with Crippen molar-refractivity contribution in [1.29, 1.82) is 0 Å². The van der Waals surface area contributed by atoms with E-state index in [-0.39, 0.29) is 22.6 Å². The molecule has 0 atom stereocenters. The molecule has 0 spiro atoms. The molecule has 3 aromatic rings. The summed E-state index contributed by atoms with van der Waals surface area (Å²) >= 11 is 5.76. The van der Waals surface area contributed by atoms with Crippen LogP contribution in [0.25, 0.3) is 0 Å². The molecule has 0 aliphatic rings. The molecule has 0 bridgehead atoms. The first-order valence-corrected chi connectivity index (χ1v) is 8.24. The quantitative estimate of drug-likeness (QED) is 0.686. The van der Waals surface area contributed by atoms with Gasteiger partial charge in [-0.1, -0.05) is 29.8 Å². The highest BCUT2D eigenvalue weighted by molar-refractivity contribution is 6.31. The smallest absolute Gasteiger partial charge is 0.274 e. The van der Waals surface area contributed by atoms with Crippen LogP contribution in [0.3, 0.4) is 0 Å². The third kappa shape index (κ3) is 3.97. The fraction of sp³-hybridized carbons (Fsp3) is 0.105. The number of rotatable bonds is 4. The van der Waals surface area contributed by atoms with Gasteiger partial charge in [-0.05, 0) is 49.2 Å². The number of carbonyl (C=O) groups excluding carboxylic acids is 1. The van der Waals surface area contributed by atoms with Gasteiger partial charge in [0.15, 0.2) is 0 Å². The van der Waals surface area contributed by atoms with Gasteiger partial charge in [0.1, 0.15) is 11.5 Å². The molecule has 0 aliphatic carbocycles. The van der Waals surface area contributed by atoms with Crippen LogP contribution in [0.15, 0.2) is 48.7 Å². The predicted octanol–water partition coefficient (Wildman–Crippen LogP) is 4.88. The van der Waals surface area contributed by atoms with E-state index < -0.39 is 5.82 Å². The van der Waals surface area contributed by atoms with Crippen molar-refractivity contribution in [2.24, 2.45) is 0 Å². The summed E-state index contributed by atoms with van der Waals surface area (Å²) in [7, 11) is 0. The maximum Gasteiger partial charge on any atom is 0.274 e. The number of carbonyl (C=O) groups is 1. The summed E-state index contributed by atoms with van der Waals surface area (Å²) < 4.78 is 13.2. The molecular weight excluding hydrogens is 355 g/mol. The van der Waals surface area contributed by atoms with Crippen LogP contribution in [0.2, 0.25) is 5.02 Å². The van der Waals surface area contributed by atoms with Crippen molar-refractivity contribution in [3.63, 3.8) is 0 Å². The van der Waals surface area contributed by atoms with Gasteiger partial charge in [-0.3, -0.25) is 4.79 Å². The SMILES string of the molecule is Cc1cccc(C)c1NC(=O)c1ccnc(Nc2ccc(F)c(Cl)c2)n1. The molecular formula is C19H16ClFN4O. The molecule has 2 N–H and O–H groups in total. The van der Waals surface area contributed by atoms with Gasteiger partial charge in [0.25, 0.3) is 5.91 Å². The Balaban J connectivity index is 1.80. The summed E-state index contributed by atoms with van der Waals surface area (Å²) in [5.74, 6) is -0.647. The van der Waals surface area contributed by atoms with Gasteiger partial charge in [-0.2, -0.15) is 0 Å². The summed E-state index contributed by atoms with van der Waals surface area (Å²) in [4.78, 5) is 20.8. The fourth-order valence-electron chi connectivity index (χ4n) is 2.44. The Morgan fingerprint density at radius 2 is 1.85 bits per heavy atom. The second-order valence-corrected chi connectivity index (χ2v) is 6.15. The topological polar surface area (TPSA) is 66.9 Å². The molecule has 0 unspecified atom stereocenters. The van der Waals surface area contributed by atoms with Crippen molar-refractivity contribution in [2.75, 3.05) is 10.6 Å². The molecule has 5 nitrogen and oxygen atoms in total. The van der Waals surface area contributed by atoms with E-state index in [2.05, 4.69) is 20.6 Å². The number of para-hydroxylation sites is 1. The number of benzene rings is 2. The summed E-state index contributed by atoms with van der Waals surface area (Å²) in [6, 6.07) is 11.5. The number of nitrogens with zero attached hydrogens (tertiary/aromatic N) is 2. The molecule has 0 saturated heterocycles. The number of hydrogen-bond donors (Lipinski definition) is 2. The van der Waals surface area contributed by atoms with E-state index >= 15 is 0 Å². The van der Waals surface area contributed by atoms with Gasteiger partial charge < -0.3 is 10.6 Å². The van der Waals surface area contributed by atoms with Gasteiger partial charge in [0.05, 0.1) is 5.02 Å². The van der Waals surface area contributed by atoms with Gasteiger partial charge in [-0.25, -0.2) is 14.4 Å². The zero-order valence-corrected chi connectivity index (χ0v) is 14.9. The Morgan fingerprint density at radius 1 is 1.12 bits per heavy atom. The highest BCUT2D eigenvalue weighted by Gasteiger charge is 2.12. The minimum Gasteiger partial charge on any atom is -0.324 e. The van der Waals surface area contributed by atoms with E-state index in [9.17, 15) is 9.18 Å². The number of halogens is 2. The third-order valence-electron chi connectivity index (χ3n) is 3.78. The monoisotopic (exact) mass is 370 g/mol. The fourth-order valence-corrected chi connectivity index (χ4v) is 2.62. The van der Waals surface area contributed by atoms with Crippen molar-refractivity contribution in [1.82, 2.24) is 9.97 Å². The van der Waals surface area contributed by atoms with Crippen LogP contribution in [0.5, 0.6) is 0 Å². The van der Waals surface area contributed by atoms with Crippen molar-refractivity contribution in [2.45, 2.75) is 13.8 Å². The average Bonchev–Trinajstić information content (AvgIpc) is 2.61. The molecule has 132 valence electrons. The number of nitrogens with one attached hydrogen (secondary N) is 2. The maximum absolute atomic E-state index is 13.2. The molecule has 0 saturated carbocycles. The minimum atomic E-state index is -0.514. The Morgan fingerprint density at radius 3 is 2.54 bits per heavy atom. The molecule has 0 aliphatic heterocycles. The largest absolute Gasteiger partial charge is 0.324 e. The lowest BCUT2D eigenvalue weighted by atomic mass is 10.1. The summed E-state index contributed by atoms with van der Waals surface area (Å²) in [5.41, 5.74) is 3.41. The standard InChI is InChI=1S/C19H16ClFN4O/c1-11-4-3-5-12(2)17(11)25-18(26)16-8-9-22-19(24-16)23-13-6-7-15(21)14(20)10-13/h3-10H,1-2H3,(H,25,26)(H,22,23,24). The van der Waals surface area contributed by atoms with Crippen molar-refractivity contribution >= 4 is 34.8 Å². The molecule has 0 fully saturated rings. The van der Waals surface area contributed by atoms with Crippen LogP contribution in [0, 0.1) is 19.7 Å². The first-order valence-electron chi connectivity index (χ1n) is 7.87. The maximum atomic E-state index is 13.2. The zero-order valence-electron chi connectivity index (χ0n) is 14.2. The molecule has 0 radical (unpaired) electrons. The second-order valence-electron chi connectivity index (χ2n) is 5.74. The van der Waals surface area contributed by atoms with Gasteiger partial charge in [0, 0.05) is 17.6 Å². The number of aromatic nitrogens is 2. The van der Waals surface area contributed by atoms with Crippen LogP contribution < -0.4 is 10.6 Å². The van der Waals surface area contributed by atoms with E-state index in [1.54, 1.807) is 0 Å². The van der Waals surface area contributed by atoms with E-state index in [0.29, 0.717) is 5.69 Å². The second kappa shape index (κ2) is 7.49. The Bertz CT molecular complexity index is 957. The van der Waals surface area contributed by atoms with Gasteiger partial charge in [-0.15, -0.1) is 0 Å². The van der Waals surface area contributed by atoms with E-state index in [4.69, 9.17) is 11.6 Å². The van der Waals surface area contributed by atoms with Crippen LogP contribution in [-0.4, -0.2) is 15.9 Å². The first-order chi connectivity index (χ1) is 12.4. The molecule has 26 heavy (non-hydrogen) atoms. The number of anilines is 3. The minimum absolute atomic E-state index is 0.0149. The van der Waals surface area contributed by atoms with Crippen molar-refractivity contribution in [3.05, 3.63) is 76.3 Å². The molecule has 1 heterocycles. The Kier molecular flexibility index (Phi) is 5.14. The molecule has 7 heteroatoms. The van der Waals surface area contributed by atoms with Gasteiger partial charge in [0.2, 0.25) is 5.95 Å². The van der Waals surface area contributed by atoms with Crippen LogP contribution in [0.1, 0.15) is 21.6 Å². The zero-order chi connectivity index (χ0) is 18.7. The normalized spacial score (nSPS) is 10.5. The lowest BCUT2D eigenvalue weighted by Gasteiger charge is -2.11. The Hall–Kier alpha value is -2.99. The van der Waals surface area contributed by atoms with Crippen molar-refractivity contribution < 1.29 is 9.18 Å². The summed E-state index contributed by atoms with van der Waals surface area (Å²) in [6.45, 7) is 3.85. The van der Waals surface area contributed by atoms with Crippen LogP contribution in [-0.2, 0) is 0 Å². The van der Waals surface area contributed by atoms with E-state index in [1.807, 2.05) is 32.0 Å². The van der Waals surface area contributed by atoms with Crippen molar-refractivity contribution in [3.8, 4) is 0 Å². The third-order valence-corrected chi connectivity index (χ3v) is 4.07. The highest BCUT2D eigenvalue weighted by atomic mass is 35.5. The molecule has 2 aromatic carbocycles. The molecule has 3 rings (SSSR count). The number of hydrogen-bond acceptors (Lipinski definition) is 4. The molecule has 1 aromatic heterocycles.